The molecule has 5 heteroatoms. The van der Waals surface area contributed by atoms with E-state index in [9.17, 15) is 0 Å². The molecule has 10 rings (SSSR count). The summed E-state index contributed by atoms with van der Waals surface area (Å²) in [4.78, 5) is 14.0. The van der Waals surface area contributed by atoms with Crippen LogP contribution in [0.4, 0.5) is 0 Å². The average Bonchev–Trinajstić information content (AvgIpc) is 3.78. The van der Waals surface area contributed by atoms with Gasteiger partial charge in [-0.3, -0.25) is 4.57 Å². The van der Waals surface area contributed by atoms with E-state index in [0.29, 0.717) is 11.0 Å². The molecular formula is C45H29N5. The van der Waals surface area contributed by atoms with Gasteiger partial charge in [0.15, 0.2) is 11.6 Å². The third-order valence-corrected chi connectivity index (χ3v) is 8.97. The monoisotopic (exact) mass is 649 g/mol. The first-order valence-electron chi connectivity index (χ1n) is 21.0. The number of hydrogen-bond acceptors (Lipinski definition) is 3. The van der Waals surface area contributed by atoms with Crippen LogP contribution in [0.25, 0.3) is 89.2 Å². The molecule has 0 aliphatic heterocycles. The second-order valence-corrected chi connectivity index (χ2v) is 11.8. The molecule has 0 bridgehead atoms. The van der Waals surface area contributed by atoms with Crippen molar-refractivity contribution in [3.05, 3.63) is 176 Å². The molecule has 10 aromatic rings. The van der Waals surface area contributed by atoms with E-state index in [1.165, 1.54) is 0 Å². The molecule has 0 spiro atoms. The van der Waals surface area contributed by atoms with E-state index >= 15 is 0 Å². The molecule has 234 valence electrons. The summed E-state index contributed by atoms with van der Waals surface area (Å²) in [5.41, 5.74) is 5.76. The summed E-state index contributed by atoms with van der Waals surface area (Å²) >= 11 is 0. The van der Waals surface area contributed by atoms with E-state index in [0.717, 1.165) is 49.4 Å². The second-order valence-electron chi connectivity index (χ2n) is 11.8. The van der Waals surface area contributed by atoms with Gasteiger partial charge in [0.1, 0.15) is 0 Å². The number of aromatic nitrogens is 5. The van der Waals surface area contributed by atoms with Gasteiger partial charge in [-0.25, -0.2) is 4.98 Å². The molecule has 0 unspecified atom stereocenters. The fraction of sp³-hybridized carbons (Fsp3) is 0. The van der Waals surface area contributed by atoms with Crippen LogP contribution in [0.15, 0.2) is 176 Å². The van der Waals surface area contributed by atoms with Crippen molar-refractivity contribution in [2.75, 3.05) is 0 Å². The Morgan fingerprint density at radius 2 is 0.860 bits per heavy atom. The molecule has 3 heterocycles. The van der Waals surface area contributed by atoms with E-state index in [4.69, 9.17) is 23.7 Å². The van der Waals surface area contributed by atoms with Gasteiger partial charge in [0.05, 0.1) is 35.8 Å². The highest BCUT2D eigenvalue weighted by Crippen LogP contribution is 2.39. The van der Waals surface area contributed by atoms with Crippen LogP contribution in [0.1, 0.15) is 13.7 Å². The van der Waals surface area contributed by atoms with Gasteiger partial charge in [-0.05, 0) is 47.5 Å². The van der Waals surface area contributed by atoms with Gasteiger partial charge in [-0.1, -0.05) is 139 Å². The third-order valence-electron chi connectivity index (χ3n) is 8.97. The third kappa shape index (κ3) is 4.52. The summed E-state index contributed by atoms with van der Waals surface area (Å²) in [5, 5.41) is 3.56. The Morgan fingerprint density at radius 3 is 1.44 bits per heavy atom. The minimum Gasteiger partial charge on any atom is -0.309 e. The fourth-order valence-corrected chi connectivity index (χ4v) is 6.77. The number of benzene rings is 7. The van der Waals surface area contributed by atoms with Gasteiger partial charge in [0.25, 0.3) is 0 Å². The van der Waals surface area contributed by atoms with E-state index in [1.54, 1.807) is 4.57 Å². The topological polar surface area (TPSA) is 48.5 Å². The molecule has 0 atom stereocenters. The zero-order chi connectivity index (χ0) is 41.7. The largest absolute Gasteiger partial charge is 0.309 e. The Morgan fingerprint density at radius 1 is 0.380 bits per heavy atom. The standard InChI is InChI=1S/C45H29N5/c1-4-14-30(15-5-1)31-24-26-34(27-25-31)49-39-22-12-10-20-35(39)37-29-42-38(28-41(37)49)36-21-11-13-23-40(36)50(42)45-47-43(32-16-6-2-7-17-32)46-44(48-45)33-18-8-3-9-19-33/h1-29H/i2D,3D,6D,7D,8D,9D,16D,17D,18D,19D. The van der Waals surface area contributed by atoms with Crippen LogP contribution in [-0.4, -0.2) is 24.1 Å². The Balaban J connectivity index is 1.29. The lowest BCUT2D eigenvalue weighted by Gasteiger charge is -2.11. The van der Waals surface area contributed by atoms with Crippen molar-refractivity contribution in [2.24, 2.45) is 0 Å². The van der Waals surface area contributed by atoms with Crippen molar-refractivity contribution in [3.8, 4) is 45.5 Å². The molecule has 5 nitrogen and oxygen atoms in total. The SMILES string of the molecule is [2H]c1c([2H])c([2H])c(-c2nc(-c3c([2H])c([2H])c([2H])c([2H])c3[2H])nc(-n3c4ccccc4c4cc5c(cc43)c3ccccc3n5-c3ccc(-c4ccccc4)cc3)n2)c([2H])c1[2H]. The first-order chi connectivity index (χ1) is 28.9. The van der Waals surface area contributed by atoms with Crippen LogP contribution in [-0.2, 0) is 0 Å². The van der Waals surface area contributed by atoms with Crippen molar-refractivity contribution in [1.29, 1.82) is 0 Å². The molecular weight excluding hydrogens is 611 g/mol. The molecule has 0 saturated carbocycles. The minimum atomic E-state index is -0.609. The Bertz CT molecular complexity index is 3290. The molecule has 0 saturated heterocycles. The van der Waals surface area contributed by atoms with E-state index in [1.807, 2.05) is 60.7 Å². The van der Waals surface area contributed by atoms with E-state index in [2.05, 4.69) is 64.1 Å². The summed E-state index contributed by atoms with van der Waals surface area (Å²) in [7, 11) is 0. The van der Waals surface area contributed by atoms with Crippen molar-refractivity contribution in [2.45, 2.75) is 0 Å². The summed E-state index contributed by atoms with van der Waals surface area (Å²) in [5.74, 6) is -0.720. The highest BCUT2D eigenvalue weighted by Gasteiger charge is 2.21. The predicted molar refractivity (Wildman–Crippen MR) is 205 cm³/mol. The van der Waals surface area contributed by atoms with Crippen LogP contribution < -0.4 is 0 Å². The number of para-hydroxylation sites is 2. The molecule has 0 aliphatic rings. The molecule has 0 N–H and O–H groups in total. The maximum Gasteiger partial charge on any atom is 0.238 e. The number of fused-ring (bicyclic) bond motifs is 6. The summed E-state index contributed by atoms with van der Waals surface area (Å²) in [6.45, 7) is 0. The predicted octanol–water partition coefficient (Wildman–Crippen LogP) is 11.1. The van der Waals surface area contributed by atoms with Gasteiger partial charge in [0.2, 0.25) is 5.95 Å². The second kappa shape index (κ2) is 11.4. The number of hydrogen-bond donors (Lipinski definition) is 0. The van der Waals surface area contributed by atoms with Gasteiger partial charge in [-0.15, -0.1) is 0 Å². The van der Waals surface area contributed by atoms with Crippen molar-refractivity contribution < 1.29 is 13.7 Å². The van der Waals surface area contributed by atoms with Gasteiger partial charge >= 0.3 is 0 Å². The first-order valence-corrected chi connectivity index (χ1v) is 16.0. The molecule has 50 heavy (non-hydrogen) atoms. The lowest BCUT2D eigenvalue weighted by molar-refractivity contribution is 0.954. The minimum absolute atomic E-state index is 0.0561. The molecule has 0 aliphatic carbocycles. The number of nitrogens with zero attached hydrogens (tertiary/aromatic N) is 5. The first kappa shape index (κ1) is 19.8. The Labute approximate surface area is 302 Å². The van der Waals surface area contributed by atoms with Crippen LogP contribution >= 0.6 is 0 Å². The molecule has 0 fully saturated rings. The van der Waals surface area contributed by atoms with Crippen LogP contribution in [0, 0.1) is 0 Å². The van der Waals surface area contributed by atoms with Crippen molar-refractivity contribution >= 4 is 43.6 Å². The van der Waals surface area contributed by atoms with Gasteiger partial charge < -0.3 is 4.57 Å². The highest BCUT2D eigenvalue weighted by molar-refractivity contribution is 6.18. The highest BCUT2D eigenvalue weighted by atomic mass is 15.2. The van der Waals surface area contributed by atoms with Crippen LogP contribution in [0.2, 0.25) is 0 Å². The number of rotatable bonds is 5. The normalized spacial score (nSPS) is 14.4. The fourth-order valence-electron chi connectivity index (χ4n) is 6.77. The summed E-state index contributed by atoms with van der Waals surface area (Å²) < 4.78 is 89.1. The van der Waals surface area contributed by atoms with Crippen LogP contribution in [0.5, 0.6) is 0 Å². The Kier molecular flexibility index (Phi) is 4.52. The quantitative estimate of drug-likeness (QED) is 0.186. The summed E-state index contributed by atoms with van der Waals surface area (Å²) in [6.07, 6.45) is 0. The van der Waals surface area contributed by atoms with Crippen LogP contribution in [0.3, 0.4) is 0 Å². The zero-order valence-electron chi connectivity index (χ0n) is 36.2. The smallest absolute Gasteiger partial charge is 0.238 e. The van der Waals surface area contributed by atoms with Crippen molar-refractivity contribution in [3.63, 3.8) is 0 Å². The van der Waals surface area contributed by atoms with Crippen molar-refractivity contribution in [1.82, 2.24) is 24.1 Å². The lowest BCUT2D eigenvalue weighted by Crippen LogP contribution is -2.06. The van der Waals surface area contributed by atoms with E-state index < -0.39 is 60.4 Å². The molecule has 3 aromatic heterocycles. The maximum absolute atomic E-state index is 8.79. The molecule has 0 amide bonds. The van der Waals surface area contributed by atoms with E-state index in [-0.39, 0.29) is 28.7 Å². The van der Waals surface area contributed by atoms with Gasteiger partial charge in [0, 0.05) is 38.4 Å². The molecule has 0 radical (unpaired) electrons. The zero-order valence-corrected chi connectivity index (χ0v) is 26.2. The van der Waals surface area contributed by atoms with Gasteiger partial charge in [-0.2, -0.15) is 9.97 Å². The lowest BCUT2D eigenvalue weighted by atomic mass is 10.1. The molecule has 7 aromatic carbocycles. The average molecular weight is 650 g/mol. The Hall–Kier alpha value is -6.85. The summed E-state index contributed by atoms with van der Waals surface area (Å²) in [6, 6.07) is 32.6. The maximum atomic E-state index is 8.79.